The van der Waals surface area contributed by atoms with Crippen LogP contribution in [0.2, 0.25) is 0 Å². The second-order valence-electron chi connectivity index (χ2n) is 3.67. The number of rotatable bonds is 7. The Kier molecular flexibility index (Phi) is 6.10. The zero-order valence-corrected chi connectivity index (χ0v) is 10.5. The van der Waals surface area contributed by atoms with E-state index in [2.05, 4.69) is 10.6 Å². The molecular formula is C13H20N2O2. The van der Waals surface area contributed by atoms with Crippen molar-refractivity contribution in [2.75, 3.05) is 26.7 Å². The van der Waals surface area contributed by atoms with E-state index in [4.69, 9.17) is 4.74 Å². The molecule has 94 valence electrons. The van der Waals surface area contributed by atoms with Crippen molar-refractivity contribution in [3.63, 3.8) is 0 Å². The summed E-state index contributed by atoms with van der Waals surface area (Å²) in [5, 5.41) is 5.66. The van der Waals surface area contributed by atoms with E-state index >= 15 is 0 Å². The van der Waals surface area contributed by atoms with Crippen LogP contribution >= 0.6 is 0 Å². The maximum atomic E-state index is 11.2. The molecule has 17 heavy (non-hydrogen) atoms. The first-order chi connectivity index (χ1) is 8.27. The number of hydrogen-bond donors (Lipinski definition) is 2. The number of amides is 1. The van der Waals surface area contributed by atoms with E-state index in [1.165, 1.54) is 0 Å². The molecule has 0 unspecified atom stereocenters. The van der Waals surface area contributed by atoms with Crippen LogP contribution in [-0.2, 0) is 11.2 Å². The molecule has 4 heteroatoms. The minimum absolute atomic E-state index is 0.0152. The van der Waals surface area contributed by atoms with Gasteiger partial charge in [0, 0.05) is 6.54 Å². The normalized spacial score (nSPS) is 10.0. The van der Waals surface area contributed by atoms with Crippen LogP contribution in [-0.4, -0.2) is 32.7 Å². The van der Waals surface area contributed by atoms with Gasteiger partial charge in [-0.3, -0.25) is 4.79 Å². The lowest BCUT2D eigenvalue weighted by Gasteiger charge is -2.10. The highest BCUT2D eigenvalue weighted by atomic mass is 16.5. The maximum absolute atomic E-state index is 11.2. The fourth-order valence-corrected chi connectivity index (χ4v) is 1.57. The topological polar surface area (TPSA) is 50.4 Å². The van der Waals surface area contributed by atoms with Crippen molar-refractivity contribution < 1.29 is 9.53 Å². The zero-order valence-electron chi connectivity index (χ0n) is 10.5. The fraction of sp³-hybridized carbons (Fsp3) is 0.462. The molecule has 1 aromatic carbocycles. The molecule has 0 heterocycles. The summed E-state index contributed by atoms with van der Waals surface area (Å²) in [7, 11) is 1.75. The third-order valence-corrected chi connectivity index (χ3v) is 2.33. The molecular weight excluding hydrogens is 216 g/mol. The van der Waals surface area contributed by atoms with Crippen molar-refractivity contribution in [3.05, 3.63) is 29.8 Å². The van der Waals surface area contributed by atoms with Crippen LogP contribution in [0.25, 0.3) is 0 Å². The second kappa shape index (κ2) is 7.68. The van der Waals surface area contributed by atoms with Crippen molar-refractivity contribution in [1.82, 2.24) is 10.6 Å². The molecule has 2 N–H and O–H groups in total. The number of carbonyl (C=O) groups is 1. The Bertz CT molecular complexity index is 353. The Hall–Kier alpha value is -1.55. The van der Waals surface area contributed by atoms with Gasteiger partial charge < -0.3 is 15.4 Å². The highest BCUT2D eigenvalue weighted by molar-refractivity contribution is 5.77. The Labute approximate surface area is 102 Å². The number of ether oxygens (including phenoxy) is 1. The zero-order chi connectivity index (χ0) is 12.5. The molecule has 4 nitrogen and oxygen atoms in total. The molecule has 1 amide bonds. The van der Waals surface area contributed by atoms with Gasteiger partial charge in [0.05, 0.1) is 13.2 Å². The highest BCUT2D eigenvalue weighted by Gasteiger charge is 2.03. The SMILES string of the molecule is CCOc1ccccc1CCNC(=O)CNC. The van der Waals surface area contributed by atoms with E-state index in [-0.39, 0.29) is 5.91 Å². The largest absolute Gasteiger partial charge is 0.494 e. The number of likely N-dealkylation sites (N-methyl/N-ethyl adjacent to an activating group) is 1. The average molecular weight is 236 g/mol. The van der Waals surface area contributed by atoms with E-state index < -0.39 is 0 Å². The molecule has 0 aliphatic rings. The first kappa shape index (κ1) is 13.5. The van der Waals surface area contributed by atoms with Crippen LogP contribution in [0, 0.1) is 0 Å². The smallest absolute Gasteiger partial charge is 0.233 e. The first-order valence-corrected chi connectivity index (χ1v) is 5.90. The van der Waals surface area contributed by atoms with Crippen molar-refractivity contribution in [2.24, 2.45) is 0 Å². The van der Waals surface area contributed by atoms with Crippen LogP contribution in [0.15, 0.2) is 24.3 Å². The molecule has 1 rings (SSSR count). The third kappa shape index (κ3) is 4.87. The van der Waals surface area contributed by atoms with Gasteiger partial charge in [0.1, 0.15) is 5.75 Å². The van der Waals surface area contributed by atoms with Crippen LogP contribution in [0.1, 0.15) is 12.5 Å². The number of para-hydroxylation sites is 1. The molecule has 0 aliphatic heterocycles. The van der Waals surface area contributed by atoms with Crippen LogP contribution < -0.4 is 15.4 Å². The predicted octanol–water partition coefficient (Wildman–Crippen LogP) is 0.963. The molecule has 0 saturated carbocycles. The lowest BCUT2D eigenvalue weighted by molar-refractivity contribution is -0.120. The van der Waals surface area contributed by atoms with Gasteiger partial charge in [0.15, 0.2) is 0 Å². The summed E-state index contributed by atoms with van der Waals surface area (Å²) in [5.74, 6) is 0.916. The summed E-state index contributed by atoms with van der Waals surface area (Å²) in [6.45, 7) is 3.60. The summed E-state index contributed by atoms with van der Waals surface area (Å²) < 4.78 is 5.52. The lowest BCUT2D eigenvalue weighted by Crippen LogP contribution is -2.33. The van der Waals surface area contributed by atoms with Gasteiger partial charge in [0.2, 0.25) is 5.91 Å². The summed E-state index contributed by atoms with van der Waals surface area (Å²) in [5.41, 5.74) is 1.12. The summed E-state index contributed by atoms with van der Waals surface area (Å²) in [6.07, 6.45) is 0.783. The summed E-state index contributed by atoms with van der Waals surface area (Å²) in [6, 6.07) is 7.91. The predicted molar refractivity (Wildman–Crippen MR) is 68.3 cm³/mol. The molecule has 0 atom stereocenters. The number of nitrogens with one attached hydrogen (secondary N) is 2. The van der Waals surface area contributed by atoms with Gasteiger partial charge in [-0.2, -0.15) is 0 Å². The molecule has 0 saturated heterocycles. The molecule has 0 spiro atoms. The van der Waals surface area contributed by atoms with E-state index in [1.807, 2.05) is 31.2 Å². The Morgan fingerprint density at radius 2 is 2.12 bits per heavy atom. The average Bonchev–Trinajstić information content (AvgIpc) is 2.32. The van der Waals surface area contributed by atoms with Gasteiger partial charge in [-0.1, -0.05) is 18.2 Å². The van der Waals surface area contributed by atoms with Crippen molar-refractivity contribution >= 4 is 5.91 Å². The Morgan fingerprint density at radius 3 is 2.82 bits per heavy atom. The van der Waals surface area contributed by atoms with Crippen LogP contribution in [0.4, 0.5) is 0 Å². The monoisotopic (exact) mass is 236 g/mol. The fourth-order valence-electron chi connectivity index (χ4n) is 1.57. The number of benzene rings is 1. The van der Waals surface area contributed by atoms with E-state index in [0.717, 1.165) is 17.7 Å². The van der Waals surface area contributed by atoms with Gasteiger partial charge in [-0.25, -0.2) is 0 Å². The quantitative estimate of drug-likeness (QED) is 0.741. The van der Waals surface area contributed by atoms with Gasteiger partial charge in [0.25, 0.3) is 0 Å². The van der Waals surface area contributed by atoms with Crippen molar-refractivity contribution in [2.45, 2.75) is 13.3 Å². The van der Waals surface area contributed by atoms with Crippen molar-refractivity contribution in [1.29, 1.82) is 0 Å². The Morgan fingerprint density at radius 1 is 1.35 bits per heavy atom. The van der Waals surface area contributed by atoms with Crippen LogP contribution in [0.5, 0.6) is 5.75 Å². The van der Waals surface area contributed by atoms with E-state index in [1.54, 1.807) is 7.05 Å². The minimum Gasteiger partial charge on any atom is -0.494 e. The Balaban J connectivity index is 2.43. The van der Waals surface area contributed by atoms with Gasteiger partial charge in [-0.15, -0.1) is 0 Å². The molecule has 1 aromatic rings. The maximum Gasteiger partial charge on any atom is 0.233 e. The van der Waals surface area contributed by atoms with Crippen LogP contribution in [0.3, 0.4) is 0 Å². The molecule has 0 aliphatic carbocycles. The molecule has 0 radical (unpaired) electrons. The standard InChI is InChI=1S/C13H20N2O2/c1-3-17-12-7-5-4-6-11(12)8-9-15-13(16)10-14-2/h4-7,14H,3,8-10H2,1-2H3,(H,15,16). The summed E-state index contributed by atoms with van der Waals surface area (Å²) >= 11 is 0. The van der Waals surface area contributed by atoms with Gasteiger partial charge in [-0.05, 0) is 32.0 Å². The number of hydrogen-bond acceptors (Lipinski definition) is 3. The van der Waals surface area contributed by atoms with Crippen molar-refractivity contribution in [3.8, 4) is 5.75 Å². The lowest BCUT2D eigenvalue weighted by atomic mass is 10.1. The second-order valence-corrected chi connectivity index (χ2v) is 3.67. The summed E-state index contributed by atoms with van der Waals surface area (Å²) in [4.78, 5) is 11.2. The molecule has 0 bridgehead atoms. The molecule has 0 fully saturated rings. The minimum atomic E-state index is 0.0152. The van der Waals surface area contributed by atoms with Gasteiger partial charge >= 0.3 is 0 Å². The highest BCUT2D eigenvalue weighted by Crippen LogP contribution is 2.17. The first-order valence-electron chi connectivity index (χ1n) is 5.90. The van der Waals surface area contributed by atoms with E-state index in [9.17, 15) is 4.79 Å². The molecule has 0 aromatic heterocycles. The number of carbonyl (C=O) groups excluding carboxylic acids is 1. The van der Waals surface area contributed by atoms with E-state index in [0.29, 0.717) is 19.7 Å². The third-order valence-electron chi connectivity index (χ3n) is 2.33.